The van der Waals surface area contributed by atoms with Crippen LogP contribution in [0.5, 0.6) is 0 Å². The van der Waals surface area contributed by atoms with E-state index in [0.717, 1.165) is 12.1 Å². The molecule has 0 unspecified atom stereocenters. The molecule has 0 saturated heterocycles. The molecule has 0 saturated carbocycles. The van der Waals surface area contributed by atoms with Gasteiger partial charge in [-0.05, 0) is 54.1 Å². The average molecular weight is 367 g/mol. The number of aryl methyl sites for hydroxylation is 1. The molecule has 0 aromatic heterocycles. The van der Waals surface area contributed by atoms with E-state index >= 15 is 0 Å². The smallest absolute Gasteiger partial charge is 0.310 e. The predicted octanol–water partition coefficient (Wildman–Crippen LogP) is 6.14. The molecule has 26 heavy (non-hydrogen) atoms. The number of nitrogens with one attached hydrogen (secondary N) is 1. The van der Waals surface area contributed by atoms with Crippen molar-refractivity contribution in [3.63, 3.8) is 0 Å². The van der Waals surface area contributed by atoms with Gasteiger partial charge in [0.05, 0.1) is 6.93 Å². The summed E-state index contributed by atoms with van der Waals surface area (Å²) in [6.07, 6.45) is -11.9. The average Bonchev–Trinajstić information content (AvgIpc) is 2.76. The molecule has 0 spiro atoms. The minimum Gasteiger partial charge on any atom is -0.310 e. The van der Waals surface area contributed by atoms with Crippen LogP contribution in [0.2, 0.25) is 0 Å². The fourth-order valence-electron chi connectivity index (χ4n) is 2.48. The Labute approximate surface area is 165 Å². The number of rotatable bonds is 6. The third kappa shape index (κ3) is 4.44. The monoisotopic (exact) mass is 367 g/mol. The molecule has 0 aliphatic rings. The highest BCUT2D eigenvalue weighted by Crippen LogP contribution is 2.29. The molecule has 3 aromatic carbocycles. The van der Waals surface area contributed by atoms with Crippen molar-refractivity contribution in [3.05, 3.63) is 83.4 Å². The van der Waals surface area contributed by atoms with Crippen LogP contribution in [0.25, 0.3) is 10.8 Å². The maximum atomic E-state index is 13.2. The molecule has 1 nitrogen and oxygen atoms in total. The van der Waals surface area contributed by atoms with Crippen LogP contribution in [-0.4, -0.2) is 6.50 Å². The van der Waals surface area contributed by atoms with Crippen molar-refractivity contribution >= 4 is 10.8 Å². The van der Waals surface area contributed by atoms with E-state index in [1.807, 2.05) is 5.32 Å². The highest BCUT2D eigenvalue weighted by molar-refractivity contribution is 5.86. The molecule has 0 aliphatic heterocycles. The quantitative estimate of drug-likeness (QED) is 0.552. The Hall–Kier alpha value is -2.33. The van der Waals surface area contributed by atoms with Crippen LogP contribution in [0.4, 0.5) is 13.2 Å². The second-order valence-electron chi connectivity index (χ2n) is 5.48. The summed E-state index contributed by atoms with van der Waals surface area (Å²) >= 11 is 0. The second-order valence-corrected chi connectivity index (χ2v) is 5.48. The third-order valence-electron chi connectivity index (χ3n) is 3.71. The van der Waals surface area contributed by atoms with Crippen LogP contribution in [0.15, 0.2) is 66.7 Å². The van der Waals surface area contributed by atoms with Gasteiger partial charge in [0.15, 0.2) is 0 Å². The first-order valence-electron chi connectivity index (χ1n) is 12.7. The Morgan fingerprint density at radius 3 is 2.65 bits per heavy atom. The zero-order valence-corrected chi connectivity index (χ0v) is 13.5. The van der Waals surface area contributed by atoms with E-state index < -0.39 is 49.4 Å². The van der Waals surface area contributed by atoms with E-state index in [0.29, 0.717) is 17.5 Å². The molecule has 3 aromatic rings. The molecule has 0 fully saturated rings. The zero-order chi connectivity index (χ0) is 27.4. The Bertz CT molecular complexity index is 1250. The summed E-state index contributed by atoms with van der Waals surface area (Å²) in [6.45, 7) is -6.83. The lowest BCUT2D eigenvalue weighted by Crippen LogP contribution is -2.20. The summed E-state index contributed by atoms with van der Waals surface area (Å²) in [5.74, 6) is 0. The van der Waals surface area contributed by atoms with Crippen molar-refractivity contribution in [3.8, 4) is 0 Å². The number of hydrogen-bond acceptors (Lipinski definition) is 1. The topological polar surface area (TPSA) is 12.0 Å². The summed E-state index contributed by atoms with van der Waals surface area (Å²) in [7, 11) is 0. The highest BCUT2D eigenvalue weighted by Gasteiger charge is 2.30. The fraction of sp³-hybridized carbons (Fsp3) is 0.273. The van der Waals surface area contributed by atoms with E-state index in [1.165, 1.54) is 18.2 Å². The lowest BCUT2D eigenvalue weighted by atomic mass is 9.99. The number of hydrogen-bond donors (Lipinski definition) is 1. The number of fused-ring (bicyclic) bond motifs is 1. The summed E-state index contributed by atoms with van der Waals surface area (Å²) in [5, 5.41) is 2.68. The number of benzene rings is 3. The SMILES string of the molecule is [2H]C([2H])(N[C@]([2H])(c1cccc2ccccc12)C([2H])([2H])[2H])C([2H])([2H])C([2H])([2H])c1cccc(C(F)(F)F)c1. The first kappa shape index (κ1) is 9.56. The largest absolute Gasteiger partial charge is 0.416 e. The van der Waals surface area contributed by atoms with Crippen LogP contribution in [0.1, 0.15) is 49.6 Å². The van der Waals surface area contributed by atoms with Crippen molar-refractivity contribution < 1.29 is 26.9 Å². The van der Waals surface area contributed by atoms with Gasteiger partial charge in [0, 0.05) is 18.4 Å². The summed E-state index contributed by atoms with van der Waals surface area (Å²) < 4.78 is 122. The summed E-state index contributed by atoms with van der Waals surface area (Å²) in [5.41, 5.74) is -2.27. The molecule has 0 heterocycles. The molecule has 136 valence electrons. The van der Waals surface area contributed by atoms with Gasteiger partial charge < -0.3 is 5.32 Å². The van der Waals surface area contributed by atoms with Crippen LogP contribution in [0.3, 0.4) is 0 Å². The van der Waals surface area contributed by atoms with Gasteiger partial charge in [-0.25, -0.2) is 0 Å². The molecule has 1 N–H and O–H groups in total. The molecule has 4 heteroatoms. The van der Waals surface area contributed by atoms with E-state index in [9.17, 15) is 13.2 Å². The van der Waals surface area contributed by atoms with Crippen molar-refractivity contribution in [1.29, 1.82) is 0 Å². The van der Waals surface area contributed by atoms with Gasteiger partial charge in [0.1, 0.15) is 0 Å². The van der Waals surface area contributed by atoms with Gasteiger partial charge in [0.2, 0.25) is 0 Å². The summed E-state index contributed by atoms with van der Waals surface area (Å²) in [4.78, 5) is 0. The van der Waals surface area contributed by atoms with Gasteiger partial charge in [-0.1, -0.05) is 60.7 Å². The molecule has 0 amide bonds. The van der Waals surface area contributed by atoms with Crippen molar-refractivity contribution in [1.82, 2.24) is 5.32 Å². The molecule has 0 radical (unpaired) electrons. The molecule has 0 bridgehead atoms. The van der Waals surface area contributed by atoms with Crippen LogP contribution < -0.4 is 5.32 Å². The lowest BCUT2D eigenvalue weighted by Gasteiger charge is -2.17. The predicted molar refractivity (Wildman–Crippen MR) is 100 cm³/mol. The van der Waals surface area contributed by atoms with E-state index in [4.69, 9.17) is 13.7 Å². The maximum absolute atomic E-state index is 13.2. The third-order valence-corrected chi connectivity index (χ3v) is 3.71. The van der Waals surface area contributed by atoms with E-state index in [1.54, 1.807) is 24.3 Å². The number of alkyl halides is 3. The van der Waals surface area contributed by atoms with Crippen molar-refractivity contribution in [2.45, 2.75) is 31.8 Å². The van der Waals surface area contributed by atoms with Gasteiger partial charge in [0.25, 0.3) is 0 Å². The van der Waals surface area contributed by atoms with Crippen LogP contribution in [-0.2, 0) is 12.5 Å². The Morgan fingerprint density at radius 2 is 1.85 bits per heavy atom. The first-order chi connectivity index (χ1) is 16.3. The van der Waals surface area contributed by atoms with Gasteiger partial charge in [-0.3, -0.25) is 0 Å². The molecule has 0 aliphatic carbocycles. The van der Waals surface area contributed by atoms with E-state index in [-0.39, 0.29) is 10.9 Å². The van der Waals surface area contributed by atoms with Gasteiger partial charge in [-0.15, -0.1) is 0 Å². The Morgan fingerprint density at radius 1 is 1.08 bits per heavy atom. The molecule has 1 atom stereocenters. The van der Waals surface area contributed by atoms with Crippen molar-refractivity contribution in [2.75, 3.05) is 6.50 Å². The Balaban J connectivity index is 2.14. The van der Waals surface area contributed by atoms with Crippen molar-refractivity contribution in [2.24, 2.45) is 0 Å². The van der Waals surface area contributed by atoms with E-state index in [2.05, 4.69) is 0 Å². The molecule has 3 rings (SSSR count). The fourth-order valence-corrected chi connectivity index (χ4v) is 2.48. The van der Waals surface area contributed by atoms with Crippen LogP contribution >= 0.6 is 0 Å². The Kier molecular flexibility index (Phi) is 2.91. The minimum absolute atomic E-state index is 0.208. The molecular formula is C22H22F3N. The highest BCUT2D eigenvalue weighted by atomic mass is 19.4. The lowest BCUT2D eigenvalue weighted by molar-refractivity contribution is -0.137. The van der Waals surface area contributed by atoms with Gasteiger partial charge in [-0.2, -0.15) is 13.2 Å². The molecular weight excluding hydrogens is 335 g/mol. The normalized spacial score (nSPS) is 22.1. The minimum atomic E-state index is -4.86. The zero-order valence-electron chi connectivity index (χ0n) is 23.5. The van der Waals surface area contributed by atoms with Gasteiger partial charge >= 0.3 is 6.18 Å². The number of halogens is 3. The second kappa shape index (κ2) is 7.92. The standard InChI is InChI=1S/C22H22F3N/c1-16(20-13-5-10-18-9-2-3-12-21(18)20)26-14-6-8-17-7-4-11-19(15-17)22(23,24)25/h2-5,7,9-13,15-16,26H,6,8,14H2,1H3/t16-/m0/s1/i1D3,6D2,8D2,14D2,16D. The first-order valence-corrected chi connectivity index (χ1v) is 7.71. The van der Waals surface area contributed by atoms with Crippen LogP contribution in [0, 0.1) is 0 Å². The summed E-state index contributed by atoms with van der Waals surface area (Å²) in [6, 6.07) is 10.5. The maximum Gasteiger partial charge on any atom is 0.416 e.